The molecule has 0 aliphatic carbocycles. The SMILES string of the molecule is O=C1OC(=Cc2ccc3c(c2)OCO3)c2ccccc21. The Kier molecular flexibility index (Phi) is 2.29. The van der Waals surface area contributed by atoms with Crippen LogP contribution >= 0.6 is 0 Å². The van der Waals surface area contributed by atoms with Crippen molar-refractivity contribution in [3.63, 3.8) is 0 Å². The Balaban J connectivity index is 1.77. The third-order valence-electron chi connectivity index (χ3n) is 3.31. The van der Waals surface area contributed by atoms with Crippen molar-refractivity contribution in [3.05, 3.63) is 59.2 Å². The fourth-order valence-electron chi connectivity index (χ4n) is 2.35. The predicted molar refractivity (Wildman–Crippen MR) is 72.3 cm³/mol. The van der Waals surface area contributed by atoms with Gasteiger partial charge in [0.25, 0.3) is 0 Å². The summed E-state index contributed by atoms with van der Waals surface area (Å²) in [6, 6.07) is 13.0. The molecular weight excluding hydrogens is 256 g/mol. The molecule has 0 amide bonds. The largest absolute Gasteiger partial charge is 0.454 e. The van der Waals surface area contributed by atoms with E-state index >= 15 is 0 Å². The molecule has 20 heavy (non-hydrogen) atoms. The van der Waals surface area contributed by atoms with Crippen molar-refractivity contribution in [1.29, 1.82) is 0 Å². The first kappa shape index (κ1) is 11.1. The first-order valence-electron chi connectivity index (χ1n) is 6.24. The highest BCUT2D eigenvalue weighted by molar-refractivity contribution is 6.05. The van der Waals surface area contributed by atoms with Crippen LogP contribution in [0.2, 0.25) is 0 Å². The van der Waals surface area contributed by atoms with Gasteiger partial charge in [0, 0.05) is 5.56 Å². The molecule has 2 heterocycles. The molecule has 0 fully saturated rings. The van der Waals surface area contributed by atoms with Gasteiger partial charge in [-0.25, -0.2) is 4.79 Å². The van der Waals surface area contributed by atoms with E-state index in [9.17, 15) is 4.79 Å². The van der Waals surface area contributed by atoms with Crippen LogP contribution in [0.4, 0.5) is 0 Å². The molecule has 98 valence electrons. The Morgan fingerprint density at radius 1 is 0.950 bits per heavy atom. The molecule has 0 N–H and O–H groups in total. The van der Waals surface area contributed by atoms with Gasteiger partial charge in [-0.15, -0.1) is 0 Å². The molecule has 0 radical (unpaired) electrons. The number of benzene rings is 2. The van der Waals surface area contributed by atoms with Crippen LogP contribution in [0.15, 0.2) is 42.5 Å². The summed E-state index contributed by atoms with van der Waals surface area (Å²) in [6.45, 7) is 0.243. The second kappa shape index (κ2) is 4.13. The molecule has 0 atom stereocenters. The summed E-state index contributed by atoms with van der Waals surface area (Å²) in [5.41, 5.74) is 2.31. The fraction of sp³-hybridized carbons (Fsp3) is 0.0625. The summed E-state index contributed by atoms with van der Waals surface area (Å²) in [4.78, 5) is 11.7. The van der Waals surface area contributed by atoms with E-state index in [4.69, 9.17) is 14.2 Å². The number of rotatable bonds is 1. The summed E-state index contributed by atoms with van der Waals surface area (Å²) in [5.74, 6) is 1.69. The standard InChI is InChI=1S/C16H10O4/c17-16-12-4-2-1-3-11(12)14(20-16)7-10-5-6-13-15(8-10)19-9-18-13/h1-8H,9H2. The molecule has 2 aliphatic rings. The molecule has 0 saturated carbocycles. The third kappa shape index (κ3) is 1.66. The molecule has 2 aromatic rings. The van der Waals surface area contributed by atoms with Crippen molar-refractivity contribution in [2.24, 2.45) is 0 Å². The van der Waals surface area contributed by atoms with Gasteiger partial charge in [0.15, 0.2) is 11.5 Å². The van der Waals surface area contributed by atoms with E-state index in [1.807, 2.05) is 42.5 Å². The van der Waals surface area contributed by atoms with Crippen LogP contribution in [0.1, 0.15) is 21.5 Å². The van der Waals surface area contributed by atoms with Crippen molar-refractivity contribution in [3.8, 4) is 11.5 Å². The van der Waals surface area contributed by atoms with Crippen molar-refractivity contribution < 1.29 is 19.0 Å². The van der Waals surface area contributed by atoms with Crippen LogP contribution in [0.3, 0.4) is 0 Å². The van der Waals surface area contributed by atoms with Crippen molar-refractivity contribution >= 4 is 17.8 Å². The highest BCUT2D eigenvalue weighted by Crippen LogP contribution is 2.35. The van der Waals surface area contributed by atoms with Crippen LogP contribution in [0.5, 0.6) is 11.5 Å². The van der Waals surface area contributed by atoms with Gasteiger partial charge in [0.05, 0.1) is 5.56 Å². The second-order valence-corrected chi connectivity index (χ2v) is 4.56. The number of cyclic esters (lactones) is 1. The highest BCUT2D eigenvalue weighted by Gasteiger charge is 2.25. The summed E-state index contributed by atoms with van der Waals surface area (Å²) in [5, 5.41) is 0. The topological polar surface area (TPSA) is 44.8 Å². The number of hydrogen-bond donors (Lipinski definition) is 0. The maximum Gasteiger partial charge on any atom is 0.344 e. The van der Waals surface area contributed by atoms with Crippen LogP contribution in [0.25, 0.3) is 11.8 Å². The van der Waals surface area contributed by atoms with Gasteiger partial charge in [0.2, 0.25) is 6.79 Å². The van der Waals surface area contributed by atoms with Gasteiger partial charge in [-0.1, -0.05) is 24.3 Å². The zero-order valence-electron chi connectivity index (χ0n) is 10.5. The summed E-state index contributed by atoms with van der Waals surface area (Å²) in [6.07, 6.45) is 1.83. The predicted octanol–water partition coefficient (Wildman–Crippen LogP) is 3.08. The van der Waals surface area contributed by atoms with Crippen LogP contribution < -0.4 is 9.47 Å². The lowest BCUT2D eigenvalue weighted by Crippen LogP contribution is -1.92. The molecule has 4 nitrogen and oxygen atoms in total. The van der Waals surface area contributed by atoms with Crippen molar-refractivity contribution in [1.82, 2.24) is 0 Å². The lowest BCUT2D eigenvalue weighted by molar-refractivity contribution is 0.0717. The molecule has 2 aliphatic heterocycles. The van der Waals surface area contributed by atoms with E-state index < -0.39 is 0 Å². The quantitative estimate of drug-likeness (QED) is 0.744. The Morgan fingerprint density at radius 2 is 1.75 bits per heavy atom. The van der Waals surface area contributed by atoms with E-state index in [2.05, 4.69) is 0 Å². The van der Waals surface area contributed by atoms with Crippen LogP contribution in [-0.4, -0.2) is 12.8 Å². The van der Waals surface area contributed by atoms with E-state index in [0.717, 1.165) is 16.9 Å². The first-order valence-corrected chi connectivity index (χ1v) is 6.24. The Labute approximate surface area is 115 Å². The molecule has 0 saturated heterocycles. The molecule has 0 aromatic heterocycles. The fourth-order valence-corrected chi connectivity index (χ4v) is 2.35. The Morgan fingerprint density at radius 3 is 2.65 bits per heavy atom. The summed E-state index contributed by atoms with van der Waals surface area (Å²) >= 11 is 0. The van der Waals surface area contributed by atoms with Gasteiger partial charge in [-0.3, -0.25) is 0 Å². The molecule has 0 spiro atoms. The average molecular weight is 266 g/mol. The third-order valence-corrected chi connectivity index (χ3v) is 3.31. The maximum absolute atomic E-state index is 11.7. The lowest BCUT2D eigenvalue weighted by atomic mass is 10.1. The number of fused-ring (bicyclic) bond motifs is 2. The smallest absolute Gasteiger partial charge is 0.344 e. The normalized spacial score (nSPS) is 17.2. The zero-order chi connectivity index (χ0) is 13.5. The van der Waals surface area contributed by atoms with Crippen molar-refractivity contribution in [2.45, 2.75) is 0 Å². The number of carbonyl (C=O) groups excluding carboxylic acids is 1. The second-order valence-electron chi connectivity index (χ2n) is 4.56. The average Bonchev–Trinajstić information content (AvgIpc) is 3.05. The van der Waals surface area contributed by atoms with Gasteiger partial charge >= 0.3 is 5.97 Å². The lowest BCUT2D eigenvalue weighted by Gasteiger charge is -2.01. The highest BCUT2D eigenvalue weighted by atomic mass is 16.7. The minimum atomic E-state index is -0.312. The molecule has 2 aromatic carbocycles. The molecule has 0 bridgehead atoms. The minimum absolute atomic E-state index is 0.243. The van der Waals surface area contributed by atoms with Gasteiger partial charge in [-0.05, 0) is 29.8 Å². The Bertz CT molecular complexity index is 746. The molecular formula is C16H10O4. The summed E-state index contributed by atoms with van der Waals surface area (Å²) in [7, 11) is 0. The number of hydrogen-bond acceptors (Lipinski definition) is 4. The first-order chi connectivity index (χ1) is 9.81. The van der Waals surface area contributed by atoms with Gasteiger partial charge < -0.3 is 14.2 Å². The van der Waals surface area contributed by atoms with Gasteiger partial charge in [-0.2, -0.15) is 0 Å². The van der Waals surface area contributed by atoms with Crippen molar-refractivity contribution in [2.75, 3.05) is 6.79 Å². The molecule has 4 rings (SSSR count). The minimum Gasteiger partial charge on any atom is -0.454 e. The number of carbonyl (C=O) groups is 1. The molecule has 4 heteroatoms. The number of esters is 1. The number of ether oxygens (including phenoxy) is 3. The summed E-state index contributed by atoms with van der Waals surface area (Å²) < 4.78 is 15.9. The van der Waals surface area contributed by atoms with E-state index in [-0.39, 0.29) is 12.8 Å². The van der Waals surface area contributed by atoms with E-state index in [0.29, 0.717) is 17.1 Å². The van der Waals surface area contributed by atoms with E-state index in [1.54, 1.807) is 6.07 Å². The van der Waals surface area contributed by atoms with Crippen LogP contribution in [-0.2, 0) is 4.74 Å². The Hall–Kier alpha value is -2.75. The van der Waals surface area contributed by atoms with E-state index in [1.165, 1.54) is 0 Å². The maximum atomic E-state index is 11.7. The molecule has 0 unspecified atom stereocenters. The monoisotopic (exact) mass is 266 g/mol. The zero-order valence-corrected chi connectivity index (χ0v) is 10.5. The van der Waals surface area contributed by atoms with Gasteiger partial charge in [0.1, 0.15) is 5.76 Å². The van der Waals surface area contributed by atoms with Crippen LogP contribution in [0, 0.1) is 0 Å².